The minimum absolute atomic E-state index is 0.262. The van der Waals surface area contributed by atoms with E-state index in [-0.39, 0.29) is 11.6 Å². The molecule has 29 heavy (non-hydrogen) atoms. The fourth-order valence-corrected chi connectivity index (χ4v) is 2.74. The van der Waals surface area contributed by atoms with Crippen LogP contribution in [-0.4, -0.2) is 36.1 Å². The van der Waals surface area contributed by atoms with Crippen LogP contribution < -0.4 is 20.1 Å². The Morgan fingerprint density at radius 3 is 2.69 bits per heavy atom. The summed E-state index contributed by atoms with van der Waals surface area (Å²) < 4.78 is 10.8. The Kier molecular flexibility index (Phi) is 7.00. The van der Waals surface area contributed by atoms with Gasteiger partial charge >= 0.3 is 0 Å². The topological polar surface area (TPSA) is 85.4 Å². The van der Waals surface area contributed by atoms with Crippen molar-refractivity contribution in [2.24, 2.45) is 0 Å². The van der Waals surface area contributed by atoms with Crippen LogP contribution in [0, 0.1) is 0 Å². The molecular weight excluding hydrogens is 368 g/mol. The maximum atomic E-state index is 12.3. The van der Waals surface area contributed by atoms with Crippen LogP contribution in [0.3, 0.4) is 0 Å². The second-order valence-electron chi connectivity index (χ2n) is 6.20. The molecule has 2 N–H and O–H groups in total. The molecule has 0 atom stereocenters. The minimum atomic E-state index is -0.262. The van der Waals surface area contributed by atoms with Crippen molar-refractivity contribution in [2.75, 3.05) is 25.6 Å². The van der Waals surface area contributed by atoms with E-state index >= 15 is 0 Å². The summed E-state index contributed by atoms with van der Waals surface area (Å²) in [5.74, 6) is 1.80. The van der Waals surface area contributed by atoms with Crippen molar-refractivity contribution in [2.45, 2.75) is 13.3 Å². The summed E-state index contributed by atoms with van der Waals surface area (Å²) in [5.41, 5.74) is 2.14. The first-order valence-electron chi connectivity index (χ1n) is 9.41. The number of benzene rings is 2. The normalized spacial score (nSPS) is 10.3. The van der Waals surface area contributed by atoms with Crippen LogP contribution in [0.5, 0.6) is 11.5 Å². The average molecular weight is 392 g/mol. The lowest BCUT2D eigenvalue weighted by Gasteiger charge is -2.11. The molecule has 3 aromatic rings. The van der Waals surface area contributed by atoms with Crippen LogP contribution in [0.2, 0.25) is 0 Å². The van der Waals surface area contributed by atoms with E-state index in [1.807, 2.05) is 55.5 Å². The molecule has 0 aliphatic rings. The Hall–Kier alpha value is -3.61. The van der Waals surface area contributed by atoms with Crippen molar-refractivity contribution in [3.05, 3.63) is 72.2 Å². The van der Waals surface area contributed by atoms with Crippen molar-refractivity contribution < 1.29 is 14.3 Å². The number of amides is 1. The van der Waals surface area contributed by atoms with Gasteiger partial charge < -0.3 is 20.1 Å². The minimum Gasteiger partial charge on any atom is -0.497 e. The zero-order chi connectivity index (χ0) is 20.5. The number of methoxy groups -OCH3 is 1. The Morgan fingerprint density at radius 2 is 1.93 bits per heavy atom. The molecule has 1 heterocycles. The largest absolute Gasteiger partial charge is 0.497 e. The van der Waals surface area contributed by atoms with Gasteiger partial charge in [0.2, 0.25) is 0 Å². The molecule has 0 saturated heterocycles. The first-order chi connectivity index (χ1) is 14.2. The van der Waals surface area contributed by atoms with Gasteiger partial charge in [0.25, 0.3) is 5.91 Å². The summed E-state index contributed by atoms with van der Waals surface area (Å²) in [6.07, 6.45) is 3.68. The van der Waals surface area contributed by atoms with E-state index in [9.17, 15) is 4.79 Å². The summed E-state index contributed by atoms with van der Waals surface area (Å²) in [7, 11) is 1.63. The highest BCUT2D eigenvalue weighted by Gasteiger charge is 2.09. The zero-order valence-electron chi connectivity index (χ0n) is 16.5. The molecule has 0 aliphatic heterocycles. The highest BCUT2D eigenvalue weighted by Crippen LogP contribution is 2.26. The molecule has 1 aromatic heterocycles. The van der Waals surface area contributed by atoms with Crippen molar-refractivity contribution in [3.63, 3.8) is 0 Å². The molecule has 150 valence electrons. The maximum Gasteiger partial charge on any atom is 0.271 e. The molecule has 0 saturated carbocycles. The summed E-state index contributed by atoms with van der Waals surface area (Å²) >= 11 is 0. The predicted octanol–water partition coefficient (Wildman–Crippen LogP) is 3.60. The van der Waals surface area contributed by atoms with Gasteiger partial charge in [0.15, 0.2) is 0 Å². The monoisotopic (exact) mass is 392 g/mol. The lowest BCUT2D eigenvalue weighted by Crippen LogP contribution is -2.26. The van der Waals surface area contributed by atoms with E-state index in [0.29, 0.717) is 25.4 Å². The van der Waals surface area contributed by atoms with Crippen LogP contribution in [-0.2, 0) is 6.42 Å². The van der Waals surface area contributed by atoms with Crippen LogP contribution >= 0.6 is 0 Å². The summed E-state index contributed by atoms with van der Waals surface area (Å²) in [6, 6.07) is 15.3. The van der Waals surface area contributed by atoms with E-state index in [2.05, 4.69) is 20.6 Å². The third kappa shape index (κ3) is 5.68. The molecule has 3 rings (SSSR count). The Bertz CT molecular complexity index is 945. The average Bonchev–Trinajstić information content (AvgIpc) is 2.76. The van der Waals surface area contributed by atoms with Gasteiger partial charge in [0.1, 0.15) is 23.0 Å². The van der Waals surface area contributed by atoms with E-state index < -0.39 is 0 Å². The van der Waals surface area contributed by atoms with Gasteiger partial charge in [-0.2, -0.15) is 0 Å². The maximum absolute atomic E-state index is 12.3. The van der Waals surface area contributed by atoms with Crippen LogP contribution in [0.1, 0.15) is 23.0 Å². The van der Waals surface area contributed by atoms with Gasteiger partial charge in [-0.3, -0.25) is 4.79 Å². The standard InChI is InChI=1S/C22H24N4O3/c1-3-29-20-10-5-4-9-18(20)26-21-15-24-19(14-25-21)22(27)23-12-11-16-7-6-8-17(13-16)28-2/h4-10,13-15H,3,11-12H2,1-2H3,(H,23,27)(H,25,26). The lowest BCUT2D eigenvalue weighted by molar-refractivity contribution is 0.0949. The molecule has 2 aromatic carbocycles. The highest BCUT2D eigenvalue weighted by atomic mass is 16.5. The van der Waals surface area contributed by atoms with Crippen molar-refractivity contribution in [3.8, 4) is 11.5 Å². The number of carbonyl (C=O) groups excluding carboxylic acids is 1. The van der Waals surface area contributed by atoms with E-state index in [0.717, 1.165) is 22.7 Å². The molecule has 0 fully saturated rings. The van der Waals surface area contributed by atoms with Crippen LogP contribution in [0.15, 0.2) is 60.9 Å². The number of para-hydroxylation sites is 2. The Balaban J connectivity index is 1.55. The van der Waals surface area contributed by atoms with E-state index in [4.69, 9.17) is 9.47 Å². The molecule has 0 unspecified atom stereocenters. The molecule has 0 spiro atoms. The van der Waals surface area contributed by atoms with Gasteiger partial charge in [-0.25, -0.2) is 9.97 Å². The van der Waals surface area contributed by atoms with Gasteiger partial charge in [0.05, 0.1) is 31.8 Å². The summed E-state index contributed by atoms with van der Waals surface area (Å²) in [4.78, 5) is 20.8. The number of anilines is 2. The SMILES string of the molecule is CCOc1ccccc1Nc1cnc(C(=O)NCCc2cccc(OC)c2)cn1. The quantitative estimate of drug-likeness (QED) is 0.579. The number of carbonyl (C=O) groups is 1. The van der Waals surface area contributed by atoms with Gasteiger partial charge in [-0.1, -0.05) is 24.3 Å². The van der Waals surface area contributed by atoms with Crippen molar-refractivity contribution in [1.82, 2.24) is 15.3 Å². The number of hydrogen-bond donors (Lipinski definition) is 2. The van der Waals surface area contributed by atoms with E-state index in [1.54, 1.807) is 7.11 Å². The van der Waals surface area contributed by atoms with Gasteiger partial charge in [-0.05, 0) is 43.2 Å². The molecule has 0 radical (unpaired) electrons. The van der Waals surface area contributed by atoms with Crippen molar-refractivity contribution in [1.29, 1.82) is 0 Å². The van der Waals surface area contributed by atoms with Gasteiger partial charge in [0, 0.05) is 6.54 Å². The van der Waals surface area contributed by atoms with Crippen LogP contribution in [0.25, 0.3) is 0 Å². The summed E-state index contributed by atoms with van der Waals surface area (Å²) in [6.45, 7) is 2.99. The second kappa shape index (κ2) is 10.1. The third-order valence-electron chi connectivity index (χ3n) is 4.17. The first-order valence-corrected chi connectivity index (χ1v) is 9.41. The molecule has 7 nitrogen and oxygen atoms in total. The number of hydrogen-bond acceptors (Lipinski definition) is 6. The Labute approximate surface area is 170 Å². The lowest BCUT2D eigenvalue weighted by atomic mass is 10.1. The number of nitrogens with one attached hydrogen (secondary N) is 2. The fraction of sp³-hybridized carbons (Fsp3) is 0.227. The first kappa shape index (κ1) is 20.1. The second-order valence-corrected chi connectivity index (χ2v) is 6.20. The number of rotatable bonds is 9. The third-order valence-corrected chi connectivity index (χ3v) is 4.17. The molecule has 7 heteroatoms. The molecule has 0 bridgehead atoms. The Morgan fingerprint density at radius 1 is 1.07 bits per heavy atom. The molecule has 1 amide bonds. The van der Waals surface area contributed by atoms with E-state index in [1.165, 1.54) is 12.4 Å². The molecular formula is C22H24N4O3. The molecule has 0 aliphatic carbocycles. The predicted molar refractivity (Wildman–Crippen MR) is 112 cm³/mol. The smallest absolute Gasteiger partial charge is 0.271 e. The van der Waals surface area contributed by atoms with Crippen molar-refractivity contribution >= 4 is 17.4 Å². The number of nitrogens with zero attached hydrogens (tertiary/aromatic N) is 2. The fourth-order valence-electron chi connectivity index (χ4n) is 2.74. The zero-order valence-corrected chi connectivity index (χ0v) is 16.5. The number of ether oxygens (including phenoxy) is 2. The summed E-state index contributed by atoms with van der Waals surface area (Å²) in [5, 5.41) is 6.01. The van der Waals surface area contributed by atoms with Gasteiger partial charge in [-0.15, -0.1) is 0 Å². The van der Waals surface area contributed by atoms with Crippen LogP contribution in [0.4, 0.5) is 11.5 Å². The number of aromatic nitrogens is 2. The highest BCUT2D eigenvalue weighted by molar-refractivity contribution is 5.92.